The summed E-state index contributed by atoms with van der Waals surface area (Å²) in [6, 6.07) is 10.9. The Morgan fingerprint density at radius 3 is 2.13 bits per heavy atom. The molecular weight excluding hydrogens is 391 g/mol. The Bertz CT molecular complexity index is 970. The summed E-state index contributed by atoms with van der Waals surface area (Å²) in [4.78, 5) is 50.5. The van der Waals surface area contributed by atoms with Crippen LogP contribution in [0.4, 0.5) is 4.39 Å². The first-order valence-electron chi connectivity index (χ1n) is 9.48. The Morgan fingerprint density at radius 2 is 1.57 bits per heavy atom. The van der Waals surface area contributed by atoms with E-state index >= 15 is 0 Å². The Labute approximate surface area is 172 Å². The van der Waals surface area contributed by atoms with Crippen LogP contribution in [0.5, 0.6) is 0 Å². The molecule has 1 aliphatic heterocycles. The van der Waals surface area contributed by atoms with Gasteiger partial charge in [0.05, 0.1) is 23.2 Å². The molecule has 0 spiro atoms. The van der Waals surface area contributed by atoms with Crippen LogP contribution in [0.1, 0.15) is 44.9 Å². The predicted molar refractivity (Wildman–Crippen MR) is 105 cm³/mol. The summed E-state index contributed by atoms with van der Waals surface area (Å²) in [5, 5.41) is 2.48. The molecule has 3 rings (SSSR count). The Kier molecular flexibility index (Phi) is 6.25. The highest BCUT2D eigenvalue weighted by molar-refractivity contribution is 6.21. The van der Waals surface area contributed by atoms with Gasteiger partial charge in [0.15, 0.2) is 0 Å². The molecular formula is C22H21FN2O5. The average Bonchev–Trinajstić information content (AvgIpc) is 2.97. The number of nitrogens with one attached hydrogen (secondary N) is 1. The van der Waals surface area contributed by atoms with Crippen LogP contribution >= 0.6 is 0 Å². The molecule has 0 radical (unpaired) electrons. The molecule has 8 heteroatoms. The number of ether oxygens (including phenoxy) is 1. The van der Waals surface area contributed by atoms with Gasteiger partial charge in [0, 0.05) is 0 Å². The van der Waals surface area contributed by atoms with Crippen LogP contribution < -0.4 is 5.32 Å². The van der Waals surface area contributed by atoms with Gasteiger partial charge in [-0.25, -0.2) is 9.18 Å². The molecule has 0 fully saturated rings. The van der Waals surface area contributed by atoms with Gasteiger partial charge in [-0.15, -0.1) is 0 Å². The summed E-state index contributed by atoms with van der Waals surface area (Å²) < 4.78 is 19.0. The average molecular weight is 412 g/mol. The van der Waals surface area contributed by atoms with Gasteiger partial charge in [-0.3, -0.25) is 19.3 Å². The molecule has 2 aromatic rings. The largest absolute Gasteiger partial charge is 0.462 e. The molecule has 1 aliphatic rings. The van der Waals surface area contributed by atoms with Crippen molar-refractivity contribution < 1.29 is 28.3 Å². The number of nitrogens with zero attached hydrogens (tertiary/aromatic N) is 1. The molecule has 30 heavy (non-hydrogen) atoms. The van der Waals surface area contributed by atoms with Crippen molar-refractivity contribution in [2.45, 2.75) is 19.9 Å². The van der Waals surface area contributed by atoms with E-state index in [0.717, 1.165) is 11.0 Å². The van der Waals surface area contributed by atoms with Crippen LogP contribution in [0.3, 0.4) is 0 Å². The van der Waals surface area contributed by atoms with Crippen LogP contribution in [-0.2, 0) is 9.53 Å². The van der Waals surface area contributed by atoms with Crippen molar-refractivity contribution in [3.63, 3.8) is 0 Å². The first-order valence-corrected chi connectivity index (χ1v) is 9.48. The van der Waals surface area contributed by atoms with E-state index in [1.54, 1.807) is 38.1 Å². The molecule has 0 aliphatic carbocycles. The fourth-order valence-electron chi connectivity index (χ4n) is 3.13. The molecule has 0 bridgehead atoms. The molecule has 7 nitrogen and oxygen atoms in total. The first-order chi connectivity index (χ1) is 14.3. The van der Waals surface area contributed by atoms with Gasteiger partial charge in [-0.2, -0.15) is 0 Å². The van der Waals surface area contributed by atoms with Gasteiger partial charge in [-0.05, 0) is 30.2 Å². The maximum atomic E-state index is 13.8. The highest BCUT2D eigenvalue weighted by Crippen LogP contribution is 2.22. The van der Waals surface area contributed by atoms with Crippen molar-refractivity contribution in [2.75, 3.05) is 13.2 Å². The minimum atomic E-state index is -1.01. The zero-order valence-electron chi connectivity index (χ0n) is 16.6. The van der Waals surface area contributed by atoms with E-state index in [9.17, 15) is 23.6 Å². The molecule has 1 atom stereocenters. The number of fused-ring (bicyclic) bond motifs is 1. The number of halogens is 1. The summed E-state index contributed by atoms with van der Waals surface area (Å²) in [6.45, 7) is 3.09. The number of benzene rings is 2. The molecule has 0 aromatic heterocycles. The monoisotopic (exact) mass is 412 g/mol. The smallest absolute Gasteiger partial charge is 0.328 e. The van der Waals surface area contributed by atoms with E-state index in [1.807, 2.05) is 0 Å². The number of hydrogen-bond acceptors (Lipinski definition) is 5. The first kappa shape index (κ1) is 21.2. The fraction of sp³-hybridized carbons (Fsp3) is 0.273. The highest BCUT2D eigenvalue weighted by atomic mass is 19.1. The van der Waals surface area contributed by atoms with Crippen molar-refractivity contribution >= 4 is 23.7 Å². The highest BCUT2D eigenvalue weighted by Gasteiger charge is 2.35. The number of amides is 3. The fourth-order valence-corrected chi connectivity index (χ4v) is 3.13. The summed E-state index contributed by atoms with van der Waals surface area (Å²) in [7, 11) is 0. The van der Waals surface area contributed by atoms with Crippen molar-refractivity contribution in [1.82, 2.24) is 10.2 Å². The van der Waals surface area contributed by atoms with Crippen LogP contribution in [0.15, 0.2) is 48.5 Å². The Balaban J connectivity index is 1.59. The van der Waals surface area contributed by atoms with Crippen molar-refractivity contribution in [3.05, 3.63) is 71.0 Å². The number of carbonyl (C=O) groups excluding carboxylic acids is 4. The second-order valence-corrected chi connectivity index (χ2v) is 7.15. The second-order valence-electron chi connectivity index (χ2n) is 7.15. The number of carbonyl (C=O) groups is 4. The minimum absolute atomic E-state index is 0.107. The number of imide groups is 1. The van der Waals surface area contributed by atoms with Gasteiger partial charge in [-0.1, -0.05) is 38.1 Å². The molecule has 0 saturated carbocycles. The molecule has 3 amide bonds. The third-order valence-corrected chi connectivity index (χ3v) is 4.76. The normalized spacial score (nSPS) is 13.9. The van der Waals surface area contributed by atoms with E-state index in [1.165, 1.54) is 18.2 Å². The van der Waals surface area contributed by atoms with Crippen LogP contribution in [0.25, 0.3) is 0 Å². The number of rotatable bonds is 7. The topological polar surface area (TPSA) is 92.8 Å². The van der Waals surface area contributed by atoms with Gasteiger partial charge < -0.3 is 10.1 Å². The molecule has 156 valence electrons. The van der Waals surface area contributed by atoms with Crippen molar-refractivity contribution in [1.29, 1.82) is 0 Å². The standard InChI is InChI=1S/C22H21FN2O5/c1-13(2)18(24-19(26)16-9-5-6-10-17(16)23)22(29)30-12-11-25-20(27)14-7-3-4-8-15(14)21(25)28/h3-10,13,18H,11-12H2,1-2H3,(H,24,26)/t18-/m0/s1. The van der Waals surface area contributed by atoms with Gasteiger partial charge in [0.25, 0.3) is 17.7 Å². The Hall–Kier alpha value is -3.55. The van der Waals surface area contributed by atoms with Crippen molar-refractivity contribution in [2.24, 2.45) is 5.92 Å². The van der Waals surface area contributed by atoms with E-state index < -0.39 is 35.5 Å². The van der Waals surface area contributed by atoms with Gasteiger partial charge >= 0.3 is 5.97 Å². The third-order valence-electron chi connectivity index (χ3n) is 4.76. The molecule has 1 N–H and O–H groups in total. The van der Waals surface area contributed by atoms with E-state index in [-0.39, 0.29) is 24.6 Å². The van der Waals surface area contributed by atoms with E-state index in [0.29, 0.717) is 11.1 Å². The summed E-state index contributed by atoms with van der Waals surface area (Å²) >= 11 is 0. The predicted octanol–water partition coefficient (Wildman–Crippen LogP) is 2.42. The van der Waals surface area contributed by atoms with Crippen LogP contribution in [0, 0.1) is 11.7 Å². The van der Waals surface area contributed by atoms with E-state index in [4.69, 9.17) is 4.74 Å². The maximum Gasteiger partial charge on any atom is 0.328 e. The quantitative estimate of drug-likeness (QED) is 0.557. The van der Waals surface area contributed by atoms with Crippen molar-refractivity contribution in [3.8, 4) is 0 Å². The zero-order valence-corrected chi connectivity index (χ0v) is 16.6. The molecule has 0 unspecified atom stereocenters. The zero-order chi connectivity index (χ0) is 21.8. The van der Waals surface area contributed by atoms with Crippen LogP contribution in [0.2, 0.25) is 0 Å². The summed E-state index contributed by atoms with van der Waals surface area (Å²) in [5.41, 5.74) is 0.444. The minimum Gasteiger partial charge on any atom is -0.462 e. The second kappa shape index (κ2) is 8.86. The number of hydrogen-bond donors (Lipinski definition) is 1. The third kappa shape index (κ3) is 4.22. The SMILES string of the molecule is CC(C)[C@H](NC(=O)c1ccccc1F)C(=O)OCCN1C(=O)c2ccccc2C1=O. The lowest BCUT2D eigenvalue weighted by Gasteiger charge is -2.22. The van der Waals surface area contributed by atoms with E-state index in [2.05, 4.69) is 5.32 Å². The Morgan fingerprint density at radius 1 is 1.00 bits per heavy atom. The maximum absolute atomic E-state index is 13.8. The van der Waals surface area contributed by atoms with Gasteiger partial charge in [0.2, 0.25) is 0 Å². The van der Waals surface area contributed by atoms with Crippen LogP contribution in [-0.4, -0.2) is 47.8 Å². The summed E-state index contributed by atoms with van der Waals surface area (Å²) in [6.07, 6.45) is 0. The summed E-state index contributed by atoms with van der Waals surface area (Å²) in [5.74, 6) is -3.38. The lowest BCUT2D eigenvalue weighted by molar-refractivity contribution is -0.147. The lowest BCUT2D eigenvalue weighted by atomic mass is 10.0. The number of esters is 1. The van der Waals surface area contributed by atoms with Gasteiger partial charge in [0.1, 0.15) is 18.5 Å². The molecule has 0 saturated heterocycles. The molecule has 1 heterocycles. The molecule has 2 aromatic carbocycles. The lowest BCUT2D eigenvalue weighted by Crippen LogP contribution is -2.46.